The van der Waals surface area contributed by atoms with Gasteiger partial charge in [-0.3, -0.25) is 4.79 Å². The van der Waals surface area contributed by atoms with Crippen LogP contribution in [0, 0.1) is 0 Å². The maximum absolute atomic E-state index is 13.5. The quantitative estimate of drug-likeness (QED) is 0.516. The van der Waals surface area contributed by atoms with Gasteiger partial charge in [0.2, 0.25) is 11.9 Å². The van der Waals surface area contributed by atoms with Crippen LogP contribution in [0.4, 0.5) is 33.8 Å². The van der Waals surface area contributed by atoms with Gasteiger partial charge < -0.3 is 20.3 Å². The highest BCUT2D eigenvalue weighted by atomic mass is 16.5. The number of urea groups is 1. The number of benzene rings is 1. The molecule has 172 valence electrons. The number of aromatic nitrogens is 3. The summed E-state index contributed by atoms with van der Waals surface area (Å²) in [7, 11) is 1.57. The molecule has 34 heavy (non-hydrogen) atoms. The number of carbonyl (C=O) groups is 2. The highest BCUT2D eigenvalue weighted by Gasteiger charge is 2.41. The first-order chi connectivity index (χ1) is 16.6. The topological polar surface area (TPSA) is 113 Å². The van der Waals surface area contributed by atoms with E-state index >= 15 is 0 Å². The summed E-state index contributed by atoms with van der Waals surface area (Å²) in [6.07, 6.45) is 6.47. The lowest BCUT2D eigenvalue weighted by Gasteiger charge is -2.36. The lowest BCUT2D eigenvalue weighted by molar-refractivity contribution is -0.111. The Morgan fingerprint density at radius 2 is 2.06 bits per heavy atom. The molecule has 1 fully saturated rings. The van der Waals surface area contributed by atoms with Gasteiger partial charge in [-0.25, -0.2) is 19.7 Å². The van der Waals surface area contributed by atoms with E-state index in [0.717, 1.165) is 18.4 Å². The molecule has 0 bridgehead atoms. The predicted molar refractivity (Wildman–Crippen MR) is 127 cm³/mol. The van der Waals surface area contributed by atoms with Crippen molar-refractivity contribution in [2.24, 2.45) is 0 Å². The van der Waals surface area contributed by atoms with Crippen molar-refractivity contribution < 1.29 is 14.3 Å². The molecule has 0 unspecified atom stereocenters. The number of nitrogens with zero attached hydrogens (tertiary/aromatic N) is 5. The number of fused-ring (bicyclic) bond motifs is 1. The number of methoxy groups -OCH3 is 1. The van der Waals surface area contributed by atoms with Crippen LogP contribution in [0.2, 0.25) is 0 Å². The van der Waals surface area contributed by atoms with Crippen molar-refractivity contribution in [2.75, 3.05) is 22.6 Å². The minimum absolute atomic E-state index is 0.158. The van der Waals surface area contributed by atoms with Crippen molar-refractivity contribution in [3.63, 3.8) is 0 Å². The van der Waals surface area contributed by atoms with E-state index in [0.29, 0.717) is 41.3 Å². The van der Waals surface area contributed by atoms with Gasteiger partial charge in [-0.05, 0) is 49.2 Å². The Hall–Kier alpha value is -4.47. The molecule has 1 aliphatic carbocycles. The van der Waals surface area contributed by atoms with E-state index in [1.54, 1.807) is 54.7 Å². The SMILES string of the molecule is C=CC(=O)Nc1cccc(N2C(=O)N(C3CC3)Cc3cnc(Nc4ccc(OC)cn4)nc32)c1. The third-order valence-corrected chi connectivity index (χ3v) is 5.59. The molecule has 10 heteroatoms. The second-order valence-corrected chi connectivity index (χ2v) is 7.97. The predicted octanol–water partition coefficient (Wildman–Crippen LogP) is 3.98. The number of hydrogen-bond acceptors (Lipinski definition) is 7. The Labute approximate surface area is 196 Å². The minimum Gasteiger partial charge on any atom is -0.495 e. The van der Waals surface area contributed by atoms with Crippen molar-refractivity contribution in [3.8, 4) is 5.75 Å². The molecule has 3 amide bonds. The molecular formula is C24H23N7O3. The van der Waals surface area contributed by atoms with Crippen LogP contribution in [0.1, 0.15) is 18.4 Å². The summed E-state index contributed by atoms with van der Waals surface area (Å²) in [6.45, 7) is 3.93. The number of ether oxygens (including phenoxy) is 1. The van der Waals surface area contributed by atoms with Gasteiger partial charge in [0.1, 0.15) is 11.6 Å². The zero-order valence-corrected chi connectivity index (χ0v) is 18.6. The third kappa shape index (κ3) is 4.25. The molecule has 0 saturated heterocycles. The van der Waals surface area contributed by atoms with Crippen LogP contribution in [-0.4, -0.2) is 44.9 Å². The summed E-state index contributed by atoms with van der Waals surface area (Å²) in [5.41, 5.74) is 1.97. The highest BCUT2D eigenvalue weighted by Crippen LogP contribution is 2.39. The molecule has 0 radical (unpaired) electrons. The number of anilines is 5. The van der Waals surface area contributed by atoms with Crippen LogP contribution in [0.15, 0.2) is 61.4 Å². The van der Waals surface area contributed by atoms with Crippen LogP contribution in [-0.2, 0) is 11.3 Å². The van der Waals surface area contributed by atoms with Gasteiger partial charge in [-0.2, -0.15) is 4.98 Å². The number of amides is 3. The van der Waals surface area contributed by atoms with E-state index in [2.05, 4.69) is 32.2 Å². The van der Waals surface area contributed by atoms with Crippen molar-refractivity contribution in [2.45, 2.75) is 25.4 Å². The van der Waals surface area contributed by atoms with E-state index in [4.69, 9.17) is 4.74 Å². The highest BCUT2D eigenvalue weighted by molar-refractivity contribution is 6.03. The summed E-state index contributed by atoms with van der Waals surface area (Å²) in [6, 6.07) is 10.7. The fourth-order valence-electron chi connectivity index (χ4n) is 3.74. The molecular weight excluding hydrogens is 434 g/mol. The third-order valence-electron chi connectivity index (χ3n) is 5.59. The number of carbonyl (C=O) groups excluding carboxylic acids is 2. The average molecular weight is 457 g/mol. The fourth-order valence-corrected chi connectivity index (χ4v) is 3.74. The van der Waals surface area contributed by atoms with E-state index in [1.807, 2.05) is 11.0 Å². The van der Waals surface area contributed by atoms with Crippen molar-refractivity contribution in [3.05, 3.63) is 67.0 Å². The van der Waals surface area contributed by atoms with Gasteiger partial charge >= 0.3 is 6.03 Å². The molecule has 0 atom stereocenters. The number of hydrogen-bond donors (Lipinski definition) is 2. The van der Waals surface area contributed by atoms with Crippen molar-refractivity contribution in [1.29, 1.82) is 0 Å². The van der Waals surface area contributed by atoms with Gasteiger partial charge in [0.05, 0.1) is 25.5 Å². The van der Waals surface area contributed by atoms with Gasteiger partial charge in [0.15, 0.2) is 5.82 Å². The summed E-state index contributed by atoms with van der Waals surface area (Å²) >= 11 is 0. The molecule has 1 aliphatic heterocycles. The van der Waals surface area contributed by atoms with E-state index in [-0.39, 0.29) is 18.0 Å². The first-order valence-electron chi connectivity index (χ1n) is 10.8. The lowest BCUT2D eigenvalue weighted by Crippen LogP contribution is -2.46. The van der Waals surface area contributed by atoms with Gasteiger partial charge in [-0.15, -0.1) is 0 Å². The monoisotopic (exact) mass is 457 g/mol. The normalized spacial score (nSPS) is 14.9. The maximum Gasteiger partial charge on any atom is 0.330 e. The van der Waals surface area contributed by atoms with Gasteiger partial charge in [0, 0.05) is 23.5 Å². The second kappa shape index (κ2) is 8.81. The number of rotatable bonds is 7. The summed E-state index contributed by atoms with van der Waals surface area (Å²) in [4.78, 5) is 42.1. The van der Waals surface area contributed by atoms with Crippen LogP contribution < -0.4 is 20.3 Å². The largest absolute Gasteiger partial charge is 0.495 e. The molecule has 1 aromatic carbocycles. The molecule has 3 aromatic rings. The van der Waals surface area contributed by atoms with E-state index in [1.165, 1.54) is 6.08 Å². The molecule has 0 spiro atoms. The Balaban J connectivity index is 1.51. The Kier molecular flexibility index (Phi) is 5.54. The number of nitrogens with one attached hydrogen (secondary N) is 2. The zero-order valence-electron chi connectivity index (χ0n) is 18.6. The summed E-state index contributed by atoms with van der Waals surface area (Å²) in [5, 5.41) is 5.81. The Morgan fingerprint density at radius 1 is 1.21 bits per heavy atom. The van der Waals surface area contributed by atoms with Gasteiger partial charge in [-0.1, -0.05) is 12.6 Å². The zero-order chi connectivity index (χ0) is 23.7. The molecule has 1 saturated carbocycles. The van der Waals surface area contributed by atoms with E-state index < -0.39 is 0 Å². The molecule has 5 rings (SSSR count). The average Bonchev–Trinajstić information content (AvgIpc) is 3.70. The maximum atomic E-state index is 13.5. The lowest BCUT2D eigenvalue weighted by atomic mass is 10.1. The summed E-state index contributed by atoms with van der Waals surface area (Å²) < 4.78 is 5.14. The molecule has 2 N–H and O–H groups in total. The van der Waals surface area contributed by atoms with Crippen LogP contribution in [0.5, 0.6) is 5.75 Å². The van der Waals surface area contributed by atoms with Crippen LogP contribution >= 0.6 is 0 Å². The first-order valence-corrected chi connectivity index (χ1v) is 10.8. The summed E-state index contributed by atoms with van der Waals surface area (Å²) in [5.74, 6) is 1.65. The number of pyridine rings is 1. The van der Waals surface area contributed by atoms with Crippen LogP contribution in [0.3, 0.4) is 0 Å². The molecule has 3 heterocycles. The van der Waals surface area contributed by atoms with E-state index in [9.17, 15) is 9.59 Å². The standard InChI is InChI=1S/C24H23N7O3/c1-3-21(32)27-16-5-4-6-18(11-16)31-22-15(14-30(24(31)33)17-7-8-17)12-26-23(29-22)28-20-10-9-19(34-2)13-25-20/h3-6,9-13,17H,1,7-8,14H2,2H3,(H,27,32)(H,25,26,28,29). The second-order valence-electron chi connectivity index (χ2n) is 7.97. The van der Waals surface area contributed by atoms with Crippen LogP contribution in [0.25, 0.3) is 0 Å². The molecule has 10 nitrogen and oxygen atoms in total. The van der Waals surface area contributed by atoms with Gasteiger partial charge in [0.25, 0.3) is 0 Å². The fraction of sp³-hybridized carbons (Fsp3) is 0.208. The smallest absolute Gasteiger partial charge is 0.330 e. The first kappa shape index (κ1) is 21.4. The Morgan fingerprint density at radius 3 is 2.76 bits per heavy atom. The van der Waals surface area contributed by atoms with Crippen molar-refractivity contribution in [1.82, 2.24) is 19.9 Å². The minimum atomic E-state index is -0.331. The van der Waals surface area contributed by atoms with Crippen molar-refractivity contribution >= 4 is 40.9 Å². The molecule has 2 aromatic heterocycles. The molecule has 2 aliphatic rings. The Bertz CT molecular complexity index is 1260.